The Balaban J connectivity index is 3.95. The molecule has 0 aliphatic carbocycles. The number of hydrogen-bond donors (Lipinski definition) is 2. The number of carbonyl (C=O) groups is 1. The first-order chi connectivity index (χ1) is 6.34. The first kappa shape index (κ1) is 13.8. The van der Waals surface area contributed by atoms with Crippen LogP contribution in [0, 0.1) is 0 Å². The molecule has 0 fully saturated rings. The van der Waals surface area contributed by atoms with Gasteiger partial charge in [-0.3, -0.25) is 9.88 Å². The Labute approximate surface area is 86.9 Å². The Bertz CT molecular complexity index is 185. The fourth-order valence-electron chi connectivity index (χ4n) is 0.735. The molecule has 2 unspecified atom stereocenters. The molecular weight excluding hydrogens is 201 g/mol. The highest BCUT2D eigenvalue weighted by Crippen LogP contribution is 2.31. The summed E-state index contributed by atoms with van der Waals surface area (Å²) in [7, 11) is -1.29. The minimum absolute atomic E-state index is 0.115. The second kappa shape index (κ2) is 6.33. The van der Waals surface area contributed by atoms with Gasteiger partial charge in [-0.25, -0.2) is 0 Å². The summed E-state index contributed by atoms with van der Waals surface area (Å²) >= 11 is 0. The molecule has 84 valence electrons. The molecular formula is C9H20NO3P. The van der Waals surface area contributed by atoms with Crippen molar-refractivity contribution >= 4 is 14.3 Å². The smallest absolute Gasteiger partial charge is 0.323 e. The fourth-order valence-corrected chi connectivity index (χ4v) is 1.53. The van der Waals surface area contributed by atoms with Crippen molar-refractivity contribution in [3.63, 3.8) is 0 Å². The average Bonchev–Trinajstić information content (AvgIpc) is 2.02. The van der Waals surface area contributed by atoms with Gasteiger partial charge in [0.15, 0.2) is 0 Å². The van der Waals surface area contributed by atoms with Crippen molar-refractivity contribution in [2.45, 2.75) is 52.4 Å². The van der Waals surface area contributed by atoms with E-state index in [0.29, 0.717) is 0 Å². The van der Waals surface area contributed by atoms with Gasteiger partial charge in [-0.1, -0.05) is 13.8 Å². The van der Waals surface area contributed by atoms with Crippen molar-refractivity contribution in [2.75, 3.05) is 0 Å². The number of rotatable bonds is 5. The van der Waals surface area contributed by atoms with Crippen LogP contribution in [-0.4, -0.2) is 28.7 Å². The normalized spacial score (nSPS) is 15.7. The maximum atomic E-state index is 11.3. The van der Waals surface area contributed by atoms with Crippen molar-refractivity contribution in [3.05, 3.63) is 0 Å². The number of nitrogens with one attached hydrogen (secondary N) is 1. The number of hydrogen-bond acceptors (Lipinski definition) is 4. The Kier molecular flexibility index (Phi) is 6.25. The van der Waals surface area contributed by atoms with Gasteiger partial charge >= 0.3 is 5.97 Å². The van der Waals surface area contributed by atoms with Crippen molar-refractivity contribution < 1.29 is 14.4 Å². The van der Waals surface area contributed by atoms with Crippen molar-refractivity contribution in [3.8, 4) is 0 Å². The van der Waals surface area contributed by atoms with Gasteiger partial charge in [0.05, 0.1) is 6.10 Å². The molecule has 0 saturated heterocycles. The summed E-state index contributed by atoms with van der Waals surface area (Å²) in [5.74, 6) is -0.317. The molecule has 0 bridgehead atoms. The van der Waals surface area contributed by atoms with Gasteiger partial charge in [0.25, 0.3) is 0 Å². The highest BCUT2D eigenvalue weighted by atomic mass is 31.2. The van der Waals surface area contributed by atoms with Crippen LogP contribution >= 0.6 is 8.30 Å². The predicted molar refractivity (Wildman–Crippen MR) is 58.1 cm³/mol. The van der Waals surface area contributed by atoms with Gasteiger partial charge in [-0.2, -0.15) is 0 Å². The summed E-state index contributed by atoms with van der Waals surface area (Å²) in [4.78, 5) is 20.9. The van der Waals surface area contributed by atoms with E-state index in [1.54, 1.807) is 20.8 Å². The standard InChI is InChI=1S/C9H20NO3P/c1-6(2)13-9(11)8(5)10-14(12)7(3)4/h6-8,10,12H,1-5H3. The third kappa shape index (κ3) is 5.53. The number of esters is 1. The third-order valence-corrected chi connectivity index (χ3v) is 3.15. The lowest BCUT2D eigenvalue weighted by molar-refractivity contribution is -0.148. The van der Waals surface area contributed by atoms with Crippen LogP contribution in [0.3, 0.4) is 0 Å². The minimum Gasteiger partial charge on any atom is -0.462 e. The molecule has 0 spiro atoms. The van der Waals surface area contributed by atoms with E-state index in [1.807, 2.05) is 13.8 Å². The lowest BCUT2D eigenvalue weighted by Gasteiger charge is -2.20. The molecule has 0 aromatic rings. The van der Waals surface area contributed by atoms with Gasteiger partial charge in [0.2, 0.25) is 0 Å². The number of ether oxygens (including phenoxy) is 1. The summed E-state index contributed by atoms with van der Waals surface area (Å²) in [6.45, 7) is 9.10. The van der Waals surface area contributed by atoms with Crippen LogP contribution in [0.5, 0.6) is 0 Å². The molecule has 0 saturated carbocycles. The summed E-state index contributed by atoms with van der Waals surface area (Å²) < 4.78 is 4.99. The molecule has 2 atom stereocenters. The molecule has 0 heterocycles. The maximum Gasteiger partial charge on any atom is 0.323 e. The molecule has 0 aliphatic rings. The Hall–Kier alpha value is -0.180. The van der Waals surface area contributed by atoms with E-state index >= 15 is 0 Å². The molecule has 0 rings (SSSR count). The Morgan fingerprint density at radius 1 is 1.29 bits per heavy atom. The van der Waals surface area contributed by atoms with E-state index in [2.05, 4.69) is 5.09 Å². The largest absolute Gasteiger partial charge is 0.462 e. The second-order valence-electron chi connectivity index (χ2n) is 3.77. The molecule has 0 aromatic heterocycles. The Morgan fingerprint density at radius 2 is 1.79 bits per heavy atom. The van der Waals surface area contributed by atoms with Crippen LogP contribution in [0.1, 0.15) is 34.6 Å². The third-order valence-electron chi connectivity index (χ3n) is 1.52. The van der Waals surface area contributed by atoms with Crippen molar-refractivity contribution in [2.24, 2.45) is 0 Å². The van der Waals surface area contributed by atoms with Crippen molar-refractivity contribution in [1.29, 1.82) is 0 Å². The second-order valence-corrected chi connectivity index (χ2v) is 5.75. The number of carbonyl (C=O) groups excluding carboxylic acids is 1. The average molecular weight is 221 g/mol. The topological polar surface area (TPSA) is 58.6 Å². The SMILES string of the molecule is CC(C)OC(=O)C(C)NP(O)C(C)C. The predicted octanol–water partition coefficient (Wildman–Crippen LogP) is 1.63. The van der Waals surface area contributed by atoms with Crippen LogP contribution in [0.25, 0.3) is 0 Å². The van der Waals surface area contributed by atoms with E-state index in [4.69, 9.17) is 4.74 Å². The lowest BCUT2D eigenvalue weighted by atomic mass is 10.4. The van der Waals surface area contributed by atoms with E-state index in [0.717, 1.165) is 0 Å². The first-order valence-corrected chi connectivity index (χ1v) is 6.15. The van der Waals surface area contributed by atoms with Crippen LogP contribution in [-0.2, 0) is 9.53 Å². The van der Waals surface area contributed by atoms with Crippen molar-refractivity contribution in [1.82, 2.24) is 5.09 Å². The van der Waals surface area contributed by atoms with E-state index < -0.39 is 14.3 Å². The maximum absolute atomic E-state index is 11.3. The summed E-state index contributed by atoms with van der Waals surface area (Å²) in [6.07, 6.45) is -0.115. The summed E-state index contributed by atoms with van der Waals surface area (Å²) in [5.41, 5.74) is 0.138. The molecule has 4 nitrogen and oxygen atoms in total. The zero-order valence-corrected chi connectivity index (χ0v) is 10.3. The van der Waals surface area contributed by atoms with Crippen LogP contribution < -0.4 is 5.09 Å². The van der Waals surface area contributed by atoms with E-state index in [1.165, 1.54) is 0 Å². The van der Waals surface area contributed by atoms with Gasteiger partial charge in [0.1, 0.15) is 14.3 Å². The Morgan fingerprint density at radius 3 is 2.14 bits per heavy atom. The minimum atomic E-state index is -1.29. The van der Waals surface area contributed by atoms with E-state index in [-0.39, 0.29) is 17.7 Å². The van der Waals surface area contributed by atoms with Gasteiger partial charge in [-0.05, 0) is 20.8 Å². The van der Waals surface area contributed by atoms with Crippen LogP contribution in [0.4, 0.5) is 0 Å². The monoisotopic (exact) mass is 221 g/mol. The zero-order valence-electron chi connectivity index (χ0n) is 9.44. The highest BCUT2D eigenvalue weighted by Gasteiger charge is 2.20. The summed E-state index contributed by atoms with van der Waals surface area (Å²) in [5, 5.41) is 2.83. The van der Waals surface area contributed by atoms with Gasteiger partial charge in [0, 0.05) is 5.66 Å². The van der Waals surface area contributed by atoms with Gasteiger partial charge in [-0.15, -0.1) is 0 Å². The molecule has 14 heavy (non-hydrogen) atoms. The highest BCUT2D eigenvalue weighted by molar-refractivity contribution is 7.50. The molecule has 2 N–H and O–H groups in total. The molecule has 0 amide bonds. The first-order valence-electron chi connectivity index (χ1n) is 4.79. The van der Waals surface area contributed by atoms with E-state index in [9.17, 15) is 9.69 Å². The molecule has 5 heteroatoms. The fraction of sp³-hybridized carbons (Fsp3) is 0.889. The van der Waals surface area contributed by atoms with Crippen LogP contribution in [0.15, 0.2) is 0 Å². The summed E-state index contributed by atoms with van der Waals surface area (Å²) in [6, 6.07) is -0.448. The quantitative estimate of drug-likeness (QED) is 0.547. The molecule has 0 aromatic carbocycles. The van der Waals surface area contributed by atoms with Gasteiger partial charge < -0.3 is 9.63 Å². The molecule has 0 aliphatic heterocycles. The van der Waals surface area contributed by atoms with Crippen LogP contribution in [0.2, 0.25) is 0 Å². The zero-order chi connectivity index (χ0) is 11.3. The molecule has 0 radical (unpaired) electrons. The lowest BCUT2D eigenvalue weighted by Crippen LogP contribution is -2.34.